The summed E-state index contributed by atoms with van der Waals surface area (Å²) in [5.41, 5.74) is 0. The molecule has 0 aromatic carbocycles. The third-order valence-electron chi connectivity index (χ3n) is 2.05. The molecule has 2 N–H and O–H groups in total. The summed E-state index contributed by atoms with van der Waals surface area (Å²) < 4.78 is 0. The first-order chi connectivity index (χ1) is 5.74. The molecule has 0 saturated heterocycles. The van der Waals surface area contributed by atoms with Crippen LogP contribution in [-0.2, 0) is 4.79 Å². The van der Waals surface area contributed by atoms with Gasteiger partial charge >= 0.3 is 0 Å². The Kier molecular flexibility index (Phi) is 7.00. The first-order valence-electron chi connectivity index (χ1n) is 4.48. The van der Waals surface area contributed by atoms with E-state index in [0.29, 0.717) is 5.92 Å². The van der Waals surface area contributed by atoms with Crippen LogP contribution in [0.1, 0.15) is 26.2 Å². The molecular weight excluding hydrogens is 154 g/mol. The van der Waals surface area contributed by atoms with Gasteiger partial charge in [-0.1, -0.05) is 6.92 Å². The van der Waals surface area contributed by atoms with Crippen LogP contribution in [-0.4, -0.2) is 31.1 Å². The zero-order valence-corrected chi connectivity index (χ0v) is 7.92. The van der Waals surface area contributed by atoms with E-state index in [1.165, 1.54) is 0 Å². The molecule has 0 aliphatic carbocycles. The third kappa shape index (κ3) is 5.27. The van der Waals surface area contributed by atoms with E-state index in [0.717, 1.165) is 25.5 Å². The normalized spacial score (nSPS) is 15.6. The van der Waals surface area contributed by atoms with Gasteiger partial charge in [-0.3, -0.25) is 0 Å². The van der Waals surface area contributed by atoms with Crippen molar-refractivity contribution in [3.8, 4) is 0 Å². The minimum atomic E-state index is -0.0290. The minimum Gasteiger partial charge on any atom is -0.396 e. The van der Waals surface area contributed by atoms with Crippen molar-refractivity contribution in [3.63, 3.8) is 0 Å². The van der Waals surface area contributed by atoms with Gasteiger partial charge in [0, 0.05) is 6.61 Å². The van der Waals surface area contributed by atoms with Crippen molar-refractivity contribution in [1.82, 2.24) is 5.32 Å². The van der Waals surface area contributed by atoms with Crippen LogP contribution in [0, 0.1) is 5.92 Å². The predicted octanol–water partition coefficient (Wildman–Crippen LogP) is 0.572. The van der Waals surface area contributed by atoms with Crippen molar-refractivity contribution in [2.24, 2.45) is 5.92 Å². The summed E-state index contributed by atoms with van der Waals surface area (Å²) >= 11 is 0. The van der Waals surface area contributed by atoms with Crippen LogP contribution in [0.15, 0.2) is 0 Å². The standard InChI is InChI=1S/C9H19NO2/c1-8(4-3-5-11)6-9(7-12)10-2/h7-11H,3-6H2,1-2H3/t8-,9+/m1/s1. The summed E-state index contributed by atoms with van der Waals surface area (Å²) in [7, 11) is 1.79. The SMILES string of the molecule is CN[C@H](C=O)C[C@H](C)CCCO. The zero-order valence-electron chi connectivity index (χ0n) is 7.92. The number of aliphatic hydroxyl groups is 1. The molecule has 0 aliphatic rings. The molecule has 0 aliphatic heterocycles. The lowest BCUT2D eigenvalue weighted by atomic mass is 9.98. The molecule has 0 radical (unpaired) electrons. The second kappa shape index (κ2) is 7.25. The zero-order chi connectivity index (χ0) is 9.40. The highest BCUT2D eigenvalue weighted by Gasteiger charge is 2.09. The molecule has 2 atom stereocenters. The van der Waals surface area contributed by atoms with E-state index in [1.54, 1.807) is 7.05 Å². The number of hydrogen-bond acceptors (Lipinski definition) is 3. The number of nitrogens with one attached hydrogen (secondary N) is 1. The molecule has 0 unspecified atom stereocenters. The number of aliphatic hydroxyl groups excluding tert-OH is 1. The average molecular weight is 173 g/mol. The highest BCUT2D eigenvalue weighted by molar-refractivity contribution is 5.57. The van der Waals surface area contributed by atoms with Crippen LogP contribution >= 0.6 is 0 Å². The first-order valence-corrected chi connectivity index (χ1v) is 4.48. The summed E-state index contributed by atoms with van der Waals surface area (Å²) in [6.45, 7) is 2.35. The quantitative estimate of drug-likeness (QED) is 0.553. The Labute approximate surface area is 74.2 Å². The van der Waals surface area contributed by atoms with Crippen LogP contribution < -0.4 is 5.32 Å². The third-order valence-corrected chi connectivity index (χ3v) is 2.05. The monoisotopic (exact) mass is 173 g/mol. The van der Waals surface area contributed by atoms with Crippen molar-refractivity contribution >= 4 is 6.29 Å². The predicted molar refractivity (Wildman–Crippen MR) is 49.0 cm³/mol. The Morgan fingerprint density at radius 3 is 2.67 bits per heavy atom. The van der Waals surface area contributed by atoms with Gasteiger partial charge in [0.15, 0.2) is 0 Å². The molecule has 0 spiro atoms. The average Bonchev–Trinajstić information content (AvgIpc) is 2.10. The van der Waals surface area contributed by atoms with E-state index in [-0.39, 0.29) is 12.6 Å². The Bertz CT molecular complexity index is 117. The Morgan fingerprint density at radius 2 is 2.25 bits per heavy atom. The maximum absolute atomic E-state index is 10.4. The first kappa shape index (κ1) is 11.6. The molecule has 0 heterocycles. The Morgan fingerprint density at radius 1 is 1.58 bits per heavy atom. The lowest BCUT2D eigenvalue weighted by molar-refractivity contribution is -0.109. The summed E-state index contributed by atoms with van der Waals surface area (Å²) in [4.78, 5) is 10.4. The highest BCUT2D eigenvalue weighted by Crippen LogP contribution is 2.11. The van der Waals surface area contributed by atoms with Crippen molar-refractivity contribution < 1.29 is 9.90 Å². The van der Waals surface area contributed by atoms with E-state index < -0.39 is 0 Å². The molecule has 0 amide bonds. The summed E-state index contributed by atoms with van der Waals surface area (Å²) in [6.07, 6.45) is 3.62. The van der Waals surface area contributed by atoms with Crippen LogP contribution in [0.3, 0.4) is 0 Å². The van der Waals surface area contributed by atoms with Gasteiger partial charge in [0.05, 0.1) is 6.04 Å². The van der Waals surface area contributed by atoms with E-state index in [9.17, 15) is 4.79 Å². The second-order valence-electron chi connectivity index (χ2n) is 3.24. The van der Waals surface area contributed by atoms with Crippen LogP contribution in [0.2, 0.25) is 0 Å². The van der Waals surface area contributed by atoms with Gasteiger partial charge in [-0.25, -0.2) is 0 Å². The number of carbonyl (C=O) groups is 1. The van der Waals surface area contributed by atoms with Crippen molar-refractivity contribution in [1.29, 1.82) is 0 Å². The number of likely N-dealkylation sites (N-methyl/N-ethyl adjacent to an activating group) is 1. The molecule has 0 aromatic heterocycles. The molecule has 0 saturated carbocycles. The van der Waals surface area contributed by atoms with Gasteiger partial charge < -0.3 is 15.2 Å². The summed E-state index contributed by atoms with van der Waals surface area (Å²) in [5.74, 6) is 0.500. The fourth-order valence-electron chi connectivity index (χ4n) is 1.23. The van der Waals surface area contributed by atoms with Gasteiger partial charge in [-0.2, -0.15) is 0 Å². The number of hydrogen-bond donors (Lipinski definition) is 2. The van der Waals surface area contributed by atoms with Gasteiger partial charge in [-0.15, -0.1) is 0 Å². The van der Waals surface area contributed by atoms with Gasteiger partial charge in [0.1, 0.15) is 6.29 Å². The minimum absolute atomic E-state index is 0.0290. The van der Waals surface area contributed by atoms with E-state index in [4.69, 9.17) is 5.11 Å². The largest absolute Gasteiger partial charge is 0.396 e. The summed E-state index contributed by atoms with van der Waals surface area (Å²) in [5, 5.41) is 11.5. The van der Waals surface area contributed by atoms with Gasteiger partial charge in [0.2, 0.25) is 0 Å². The van der Waals surface area contributed by atoms with Crippen molar-refractivity contribution in [3.05, 3.63) is 0 Å². The molecule has 3 nitrogen and oxygen atoms in total. The smallest absolute Gasteiger partial charge is 0.136 e. The molecule has 12 heavy (non-hydrogen) atoms. The molecule has 0 aromatic rings. The molecule has 0 rings (SSSR count). The highest BCUT2D eigenvalue weighted by atomic mass is 16.2. The lowest BCUT2D eigenvalue weighted by Gasteiger charge is -2.14. The number of aldehydes is 1. The Balaban J connectivity index is 3.51. The van der Waals surface area contributed by atoms with Crippen molar-refractivity contribution in [2.75, 3.05) is 13.7 Å². The Hall–Kier alpha value is -0.410. The molecular formula is C9H19NO2. The van der Waals surface area contributed by atoms with Crippen LogP contribution in [0.25, 0.3) is 0 Å². The van der Waals surface area contributed by atoms with E-state index in [2.05, 4.69) is 12.2 Å². The van der Waals surface area contributed by atoms with E-state index >= 15 is 0 Å². The molecule has 0 bridgehead atoms. The van der Waals surface area contributed by atoms with Gasteiger partial charge in [0.25, 0.3) is 0 Å². The fourth-order valence-corrected chi connectivity index (χ4v) is 1.23. The topological polar surface area (TPSA) is 49.3 Å². The maximum atomic E-state index is 10.4. The number of rotatable bonds is 7. The van der Waals surface area contributed by atoms with Crippen molar-refractivity contribution in [2.45, 2.75) is 32.2 Å². The molecule has 0 fully saturated rings. The van der Waals surface area contributed by atoms with Gasteiger partial charge in [-0.05, 0) is 32.2 Å². The molecule has 72 valence electrons. The van der Waals surface area contributed by atoms with Crippen LogP contribution in [0.5, 0.6) is 0 Å². The lowest BCUT2D eigenvalue weighted by Crippen LogP contribution is -2.28. The second-order valence-corrected chi connectivity index (χ2v) is 3.24. The van der Waals surface area contributed by atoms with E-state index in [1.807, 2.05) is 0 Å². The fraction of sp³-hybridized carbons (Fsp3) is 0.889. The maximum Gasteiger partial charge on any atom is 0.136 e. The van der Waals surface area contributed by atoms with Crippen LogP contribution in [0.4, 0.5) is 0 Å². The molecule has 3 heteroatoms. The number of carbonyl (C=O) groups excluding carboxylic acids is 1. The summed E-state index contributed by atoms with van der Waals surface area (Å²) in [6, 6.07) is -0.0290.